The van der Waals surface area contributed by atoms with Gasteiger partial charge in [-0.25, -0.2) is 0 Å². The van der Waals surface area contributed by atoms with Crippen LogP contribution in [0.15, 0.2) is 54.6 Å². The molecular weight excluding hydrogens is 449 g/mol. The molecule has 0 N–H and O–H groups in total. The Morgan fingerprint density at radius 1 is 1.00 bits per heavy atom. The van der Waals surface area contributed by atoms with Gasteiger partial charge in [0.25, 0.3) is 0 Å². The Morgan fingerprint density at radius 3 is 2.37 bits per heavy atom. The van der Waals surface area contributed by atoms with Gasteiger partial charge in [0, 0.05) is 32.0 Å². The van der Waals surface area contributed by atoms with Crippen LogP contribution in [0.5, 0.6) is 0 Å². The van der Waals surface area contributed by atoms with E-state index in [2.05, 4.69) is 29.2 Å². The van der Waals surface area contributed by atoms with E-state index in [1.165, 1.54) is 17.7 Å². The molecule has 2 aliphatic rings. The third-order valence-electron chi connectivity index (χ3n) is 7.59. The maximum atomic E-state index is 13.4. The van der Waals surface area contributed by atoms with E-state index < -0.39 is 11.7 Å². The zero-order valence-corrected chi connectivity index (χ0v) is 20.8. The maximum Gasteiger partial charge on any atom is 0.416 e. The van der Waals surface area contributed by atoms with E-state index >= 15 is 0 Å². The van der Waals surface area contributed by atoms with E-state index in [-0.39, 0.29) is 23.7 Å². The van der Waals surface area contributed by atoms with Crippen LogP contribution in [0.4, 0.5) is 13.2 Å². The molecule has 0 bridgehead atoms. The highest BCUT2D eigenvalue weighted by Crippen LogP contribution is 2.38. The number of hydrogen-bond acceptors (Lipinski definition) is 2. The van der Waals surface area contributed by atoms with Crippen LogP contribution in [0.1, 0.15) is 55.7 Å². The number of piperidine rings is 1. The zero-order valence-electron chi connectivity index (χ0n) is 20.8. The number of rotatable bonds is 7. The van der Waals surface area contributed by atoms with Gasteiger partial charge < -0.3 is 9.80 Å². The highest BCUT2D eigenvalue weighted by molar-refractivity contribution is 5.76. The molecule has 2 fully saturated rings. The Labute approximate surface area is 207 Å². The van der Waals surface area contributed by atoms with E-state index in [4.69, 9.17) is 0 Å². The SMILES string of the molecule is CC(C)CC(=O)N1CC(CN2CCC(Cc3ccccc3)CC2)C(c2cccc(C(F)(F)F)c2)C1. The number of likely N-dealkylation sites (tertiary alicyclic amines) is 2. The van der Waals surface area contributed by atoms with Crippen molar-refractivity contribution in [1.29, 1.82) is 0 Å². The first-order chi connectivity index (χ1) is 16.7. The summed E-state index contributed by atoms with van der Waals surface area (Å²) >= 11 is 0. The fourth-order valence-electron chi connectivity index (χ4n) is 5.71. The van der Waals surface area contributed by atoms with Crippen LogP contribution in [-0.4, -0.2) is 48.4 Å². The third kappa shape index (κ3) is 6.87. The molecule has 0 aromatic heterocycles. The minimum Gasteiger partial charge on any atom is -0.342 e. The summed E-state index contributed by atoms with van der Waals surface area (Å²) in [4.78, 5) is 17.2. The molecular formula is C29H37F3N2O. The second kappa shape index (κ2) is 11.2. The van der Waals surface area contributed by atoms with Crippen molar-refractivity contribution in [3.8, 4) is 0 Å². The van der Waals surface area contributed by atoms with Crippen LogP contribution in [0.3, 0.4) is 0 Å². The number of amides is 1. The van der Waals surface area contributed by atoms with Crippen molar-refractivity contribution in [3.05, 3.63) is 71.3 Å². The standard InChI is InChI=1S/C29H37F3N2O/c1-21(2)15-28(35)34-19-25(27(20-34)24-9-6-10-26(17-24)29(30,31)32)18-33-13-11-23(12-14-33)16-22-7-4-3-5-8-22/h3-10,17,21,23,25,27H,11-16,18-20H2,1-2H3. The molecule has 1 amide bonds. The van der Waals surface area contributed by atoms with Crippen molar-refractivity contribution in [2.75, 3.05) is 32.7 Å². The molecule has 4 rings (SSSR count). The molecule has 2 aromatic rings. The number of carbonyl (C=O) groups excluding carboxylic acids is 1. The van der Waals surface area contributed by atoms with Gasteiger partial charge >= 0.3 is 6.18 Å². The summed E-state index contributed by atoms with van der Waals surface area (Å²) in [7, 11) is 0. The summed E-state index contributed by atoms with van der Waals surface area (Å²) in [5, 5.41) is 0. The zero-order chi connectivity index (χ0) is 25.0. The molecule has 190 valence electrons. The number of benzene rings is 2. The van der Waals surface area contributed by atoms with E-state index in [1.54, 1.807) is 6.07 Å². The summed E-state index contributed by atoms with van der Waals surface area (Å²) in [6.45, 7) is 8.00. The summed E-state index contributed by atoms with van der Waals surface area (Å²) in [5.74, 6) is 1.11. The monoisotopic (exact) mass is 486 g/mol. The van der Waals surface area contributed by atoms with Crippen LogP contribution < -0.4 is 0 Å². The van der Waals surface area contributed by atoms with Crippen molar-refractivity contribution < 1.29 is 18.0 Å². The molecule has 2 heterocycles. The van der Waals surface area contributed by atoms with Gasteiger partial charge in [-0.1, -0.05) is 62.4 Å². The Balaban J connectivity index is 1.43. The lowest BCUT2D eigenvalue weighted by Crippen LogP contribution is -2.39. The van der Waals surface area contributed by atoms with Gasteiger partial charge in [0.05, 0.1) is 5.56 Å². The third-order valence-corrected chi connectivity index (χ3v) is 7.59. The van der Waals surface area contributed by atoms with E-state index in [1.807, 2.05) is 24.8 Å². The molecule has 0 saturated carbocycles. The predicted molar refractivity (Wildman–Crippen MR) is 133 cm³/mol. The Morgan fingerprint density at radius 2 is 1.71 bits per heavy atom. The molecule has 6 heteroatoms. The van der Waals surface area contributed by atoms with Gasteiger partial charge in [-0.3, -0.25) is 4.79 Å². The van der Waals surface area contributed by atoms with Crippen LogP contribution in [-0.2, 0) is 17.4 Å². The molecule has 0 spiro atoms. The van der Waals surface area contributed by atoms with Gasteiger partial charge in [-0.15, -0.1) is 0 Å². The Hall–Kier alpha value is -2.34. The first-order valence-electron chi connectivity index (χ1n) is 12.9. The van der Waals surface area contributed by atoms with Crippen LogP contribution in [0.2, 0.25) is 0 Å². The van der Waals surface area contributed by atoms with Crippen molar-refractivity contribution in [2.24, 2.45) is 17.8 Å². The van der Waals surface area contributed by atoms with Crippen LogP contribution >= 0.6 is 0 Å². The van der Waals surface area contributed by atoms with Crippen molar-refractivity contribution in [2.45, 2.75) is 51.6 Å². The number of carbonyl (C=O) groups is 1. The average Bonchev–Trinajstić information content (AvgIpc) is 3.24. The normalized spacial score (nSPS) is 22.2. The van der Waals surface area contributed by atoms with E-state index in [0.717, 1.165) is 45.0 Å². The quantitative estimate of drug-likeness (QED) is 0.462. The molecule has 2 unspecified atom stereocenters. The first-order valence-corrected chi connectivity index (χ1v) is 12.9. The molecule has 2 saturated heterocycles. The highest BCUT2D eigenvalue weighted by Gasteiger charge is 2.39. The fraction of sp³-hybridized carbons (Fsp3) is 0.552. The van der Waals surface area contributed by atoms with Crippen LogP contribution in [0, 0.1) is 17.8 Å². The van der Waals surface area contributed by atoms with Gasteiger partial charge in [0.1, 0.15) is 0 Å². The van der Waals surface area contributed by atoms with E-state index in [9.17, 15) is 18.0 Å². The summed E-state index contributed by atoms with van der Waals surface area (Å²) in [6.07, 6.45) is -0.523. The van der Waals surface area contributed by atoms with E-state index in [0.29, 0.717) is 31.0 Å². The fourth-order valence-corrected chi connectivity index (χ4v) is 5.71. The maximum absolute atomic E-state index is 13.4. The summed E-state index contributed by atoms with van der Waals surface area (Å²) in [6, 6.07) is 16.3. The number of alkyl halides is 3. The Bertz CT molecular complexity index is 967. The second-order valence-electron chi connectivity index (χ2n) is 10.8. The lowest BCUT2D eigenvalue weighted by molar-refractivity contribution is -0.137. The minimum absolute atomic E-state index is 0.0737. The molecule has 35 heavy (non-hydrogen) atoms. The van der Waals surface area contributed by atoms with Gasteiger partial charge in [-0.05, 0) is 67.3 Å². The first kappa shape index (κ1) is 25.7. The molecule has 3 nitrogen and oxygen atoms in total. The average molecular weight is 487 g/mol. The van der Waals surface area contributed by atoms with Crippen molar-refractivity contribution >= 4 is 5.91 Å². The molecule has 2 atom stereocenters. The summed E-state index contributed by atoms with van der Waals surface area (Å²) in [5.41, 5.74) is 1.47. The number of halogens is 3. The molecule has 0 radical (unpaired) electrons. The van der Waals surface area contributed by atoms with Crippen molar-refractivity contribution in [1.82, 2.24) is 9.80 Å². The van der Waals surface area contributed by atoms with Crippen molar-refractivity contribution in [3.63, 3.8) is 0 Å². The molecule has 2 aromatic carbocycles. The molecule has 0 aliphatic carbocycles. The van der Waals surface area contributed by atoms with Gasteiger partial charge in [0.2, 0.25) is 5.91 Å². The lowest BCUT2D eigenvalue weighted by atomic mass is 9.86. The number of nitrogens with zero attached hydrogens (tertiary/aromatic N) is 2. The largest absolute Gasteiger partial charge is 0.416 e. The van der Waals surface area contributed by atoms with Crippen LogP contribution in [0.25, 0.3) is 0 Å². The molecule has 2 aliphatic heterocycles. The van der Waals surface area contributed by atoms with Gasteiger partial charge in [0.15, 0.2) is 0 Å². The highest BCUT2D eigenvalue weighted by atomic mass is 19.4. The Kier molecular flexibility index (Phi) is 8.20. The topological polar surface area (TPSA) is 23.6 Å². The summed E-state index contributed by atoms with van der Waals surface area (Å²) < 4.78 is 40.2. The minimum atomic E-state index is -4.36. The lowest BCUT2D eigenvalue weighted by Gasteiger charge is -2.34. The smallest absolute Gasteiger partial charge is 0.342 e. The second-order valence-corrected chi connectivity index (χ2v) is 10.8. The predicted octanol–water partition coefficient (Wildman–Crippen LogP) is 6.25. The number of hydrogen-bond donors (Lipinski definition) is 0. The van der Waals surface area contributed by atoms with Gasteiger partial charge in [-0.2, -0.15) is 13.2 Å².